The number of likely N-dealkylation sites (tertiary alicyclic amines) is 1. The molecule has 0 aromatic carbocycles. The smallest absolute Gasteiger partial charge is 0.449 e. The standard InChI is InChI=1S/C18H18F4N4O4/c19-16(20)12-8-13(17(21)22)26(24-12)9-15(27)25-6-4-10(5-7-25)11-2-1-3-14(23-11)30-18(28)29/h1-3,8,10,16-17H,4-7,9H2,(H,28,29). The Hall–Kier alpha value is -3.18. The van der Waals surface area contributed by atoms with Crippen molar-refractivity contribution in [3.63, 3.8) is 0 Å². The first kappa shape index (κ1) is 21.5. The number of aromatic nitrogens is 3. The predicted octanol–water partition coefficient (Wildman–Crippen LogP) is 3.62. The molecule has 1 fully saturated rings. The van der Waals surface area contributed by atoms with Gasteiger partial charge in [-0.1, -0.05) is 6.07 Å². The summed E-state index contributed by atoms with van der Waals surface area (Å²) in [7, 11) is 0. The van der Waals surface area contributed by atoms with Gasteiger partial charge in [0, 0.05) is 30.8 Å². The average Bonchev–Trinajstić information content (AvgIpc) is 3.12. The first-order chi connectivity index (χ1) is 14.2. The summed E-state index contributed by atoms with van der Waals surface area (Å²) in [4.78, 5) is 28.7. The zero-order valence-electron chi connectivity index (χ0n) is 15.5. The van der Waals surface area contributed by atoms with Crippen LogP contribution in [0, 0.1) is 0 Å². The van der Waals surface area contributed by atoms with E-state index < -0.39 is 42.8 Å². The minimum atomic E-state index is -3.03. The Kier molecular flexibility index (Phi) is 6.53. The Morgan fingerprint density at radius 1 is 1.17 bits per heavy atom. The summed E-state index contributed by atoms with van der Waals surface area (Å²) in [5.41, 5.74) is -0.909. The van der Waals surface area contributed by atoms with Crippen molar-refractivity contribution < 1.29 is 37.0 Å². The summed E-state index contributed by atoms with van der Waals surface area (Å²) >= 11 is 0. The minimum Gasteiger partial charge on any atom is -0.449 e. The van der Waals surface area contributed by atoms with Gasteiger partial charge >= 0.3 is 6.16 Å². The van der Waals surface area contributed by atoms with Gasteiger partial charge in [0.15, 0.2) is 0 Å². The van der Waals surface area contributed by atoms with Gasteiger partial charge in [-0.25, -0.2) is 27.3 Å². The van der Waals surface area contributed by atoms with Gasteiger partial charge in [-0.3, -0.25) is 9.48 Å². The quantitative estimate of drug-likeness (QED) is 0.555. The Morgan fingerprint density at radius 2 is 1.87 bits per heavy atom. The maximum Gasteiger partial charge on any atom is 0.512 e. The number of halogens is 4. The number of carbonyl (C=O) groups is 2. The van der Waals surface area contributed by atoms with E-state index >= 15 is 0 Å². The lowest BCUT2D eigenvalue weighted by Crippen LogP contribution is -2.40. The molecule has 1 N–H and O–H groups in total. The largest absolute Gasteiger partial charge is 0.512 e. The fourth-order valence-corrected chi connectivity index (χ4v) is 3.32. The summed E-state index contributed by atoms with van der Waals surface area (Å²) in [5.74, 6) is -0.597. The molecule has 12 heteroatoms. The highest BCUT2D eigenvalue weighted by Gasteiger charge is 2.27. The number of hydrogen-bond donors (Lipinski definition) is 1. The number of piperidine rings is 1. The van der Waals surface area contributed by atoms with E-state index in [2.05, 4.69) is 14.8 Å². The van der Waals surface area contributed by atoms with Gasteiger partial charge in [-0.2, -0.15) is 5.10 Å². The van der Waals surface area contributed by atoms with Crippen molar-refractivity contribution in [2.45, 2.75) is 38.2 Å². The van der Waals surface area contributed by atoms with Crippen LogP contribution in [0.4, 0.5) is 22.4 Å². The van der Waals surface area contributed by atoms with Crippen LogP contribution in [0.15, 0.2) is 24.3 Å². The normalized spacial score (nSPS) is 15.1. The molecule has 1 saturated heterocycles. The SMILES string of the molecule is O=C(O)Oc1cccc(C2CCN(C(=O)Cn3nc(C(F)F)cc3C(F)F)CC2)n1. The van der Waals surface area contributed by atoms with Crippen molar-refractivity contribution in [2.24, 2.45) is 0 Å². The van der Waals surface area contributed by atoms with Gasteiger partial charge in [0.25, 0.3) is 12.9 Å². The van der Waals surface area contributed by atoms with Crippen LogP contribution in [0.2, 0.25) is 0 Å². The molecule has 0 radical (unpaired) electrons. The van der Waals surface area contributed by atoms with Crippen LogP contribution in [0.3, 0.4) is 0 Å². The molecule has 0 aliphatic carbocycles. The monoisotopic (exact) mass is 430 g/mol. The third-order valence-electron chi connectivity index (χ3n) is 4.77. The molecule has 0 atom stereocenters. The lowest BCUT2D eigenvalue weighted by Gasteiger charge is -2.32. The Balaban J connectivity index is 1.62. The Bertz CT molecular complexity index is 913. The fourth-order valence-electron chi connectivity index (χ4n) is 3.32. The van der Waals surface area contributed by atoms with Gasteiger partial charge in [-0.15, -0.1) is 0 Å². The molecule has 1 aliphatic rings. The highest BCUT2D eigenvalue weighted by molar-refractivity contribution is 5.76. The van der Waals surface area contributed by atoms with E-state index in [1.165, 1.54) is 11.0 Å². The molecule has 2 aromatic heterocycles. The Morgan fingerprint density at radius 3 is 2.47 bits per heavy atom. The van der Waals surface area contributed by atoms with E-state index in [-0.39, 0.29) is 11.8 Å². The molecule has 30 heavy (non-hydrogen) atoms. The summed E-state index contributed by atoms with van der Waals surface area (Å²) in [6, 6.07) is 5.35. The van der Waals surface area contributed by atoms with Crippen molar-refractivity contribution in [2.75, 3.05) is 13.1 Å². The highest BCUT2D eigenvalue weighted by atomic mass is 19.3. The molecule has 2 aromatic rings. The van der Waals surface area contributed by atoms with Gasteiger partial charge in [-0.05, 0) is 25.0 Å². The van der Waals surface area contributed by atoms with E-state index in [9.17, 15) is 27.2 Å². The van der Waals surface area contributed by atoms with E-state index in [1.807, 2.05) is 0 Å². The summed E-state index contributed by atoms with van der Waals surface area (Å²) < 4.78 is 56.8. The average molecular weight is 430 g/mol. The molecule has 0 bridgehead atoms. The third-order valence-corrected chi connectivity index (χ3v) is 4.77. The first-order valence-corrected chi connectivity index (χ1v) is 9.04. The molecule has 0 unspecified atom stereocenters. The molecule has 162 valence electrons. The second-order valence-corrected chi connectivity index (χ2v) is 6.68. The number of alkyl halides is 4. The number of nitrogens with zero attached hydrogens (tertiary/aromatic N) is 4. The highest BCUT2D eigenvalue weighted by Crippen LogP contribution is 2.29. The molecule has 1 amide bonds. The van der Waals surface area contributed by atoms with E-state index in [4.69, 9.17) is 5.11 Å². The number of pyridine rings is 1. The predicted molar refractivity (Wildman–Crippen MR) is 93.6 cm³/mol. The molecule has 3 heterocycles. The summed E-state index contributed by atoms with van der Waals surface area (Å²) in [6.07, 6.45) is -6.49. The fraction of sp³-hybridized carbons (Fsp3) is 0.444. The summed E-state index contributed by atoms with van der Waals surface area (Å²) in [6.45, 7) is 0.0571. The first-order valence-electron chi connectivity index (χ1n) is 9.04. The number of carbonyl (C=O) groups excluding carboxylic acids is 1. The van der Waals surface area contributed by atoms with E-state index in [0.29, 0.717) is 42.4 Å². The van der Waals surface area contributed by atoms with Crippen LogP contribution in [-0.4, -0.2) is 49.9 Å². The van der Waals surface area contributed by atoms with Crippen LogP contribution in [0.1, 0.15) is 48.7 Å². The van der Waals surface area contributed by atoms with Crippen molar-refractivity contribution in [1.82, 2.24) is 19.7 Å². The number of hydrogen-bond acceptors (Lipinski definition) is 5. The van der Waals surface area contributed by atoms with Gasteiger partial charge in [0.05, 0.1) is 0 Å². The second-order valence-electron chi connectivity index (χ2n) is 6.68. The molecule has 1 aliphatic heterocycles. The molecule has 0 saturated carbocycles. The van der Waals surface area contributed by atoms with Crippen molar-refractivity contribution in [3.05, 3.63) is 41.3 Å². The van der Waals surface area contributed by atoms with Crippen LogP contribution in [0.25, 0.3) is 0 Å². The van der Waals surface area contributed by atoms with Crippen LogP contribution in [-0.2, 0) is 11.3 Å². The van der Waals surface area contributed by atoms with Gasteiger partial charge < -0.3 is 14.7 Å². The van der Waals surface area contributed by atoms with Gasteiger partial charge in [0.2, 0.25) is 11.8 Å². The lowest BCUT2D eigenvalue weighted by atomic mass is 9.93. The number of rotatable bonds is 6. The van der Waals surface area contributed by atoms with Crippen LogP contribution in [0.5, 0.6) is 5.88 Å². The number of carboxylic acid groups (broad SMARTS) is 1. The molecule has 8 nitrogen and oxygen atoms in total. The maximum atomic E-state index is 13.1. The van der Waals surface area contributed by atoms with E-state index in [0.717, 1.165) is 0 Å². The lowest BCUT2D eigenvalue weighted by molar-refractivity contribution is -0.133. The third kappa shape index (κ3) is 5.05. The van der Waals surface area contributed by atoms with E-state index in [1.54, 1.807) is 12.1 Å². The summed E-state index contributed by atoms with van der Waals surface area (Å²) in [5, 5.41) is 12.1. The van der Waals surface area contributed by atoms with Crippen molar-refractivity contribution >= 4 is 12.1 Å². The zero-order chi connectivity index (χ0) is 21.8. The molecule has 0 spiro atoms. The second kappa shape index (κ2) is 9.09. The maximum absolute atomic E-state index is 13.1. The van der Waals surface area contributed by atoms with Crippen LogP contribution < -0.4 is 4.74 Å². The molecular formula is C18H18F4N4O4. The minimum absolute atomic E-state index is 0.0434. The van der Waals surface area contributed by atoms with Gasteiger partial charge in [0.1, 0.15) is 17.9 Å². The molecule has 3 rings (SSSR count). The van der Waals surface area contributed by atoms with Crippen LogP contribution >= 0.6 is 0 Å². The van der Waals surface area contributed by atoms with Crippen molar-refractivity contribution in [3.8, 4) is 5.88 Å². The number of amides is 1. The number of ether oxygens (including phenoxy) is 1. The topological polar surface area (TPSA) is 97.6 Å². The Labute approximate surface area is 168 Å². The zero-order valence-corrected chi connectivity index (χ0v) is 15.5. The molecular weight excluding hydrogens is 412 g/mol. The van der Waals surface area contributed by atoms with Crippen molar-refractivity contribution in [1.29, 1.82) is 0 Å².